The van der Waals surface area contributed by atoms with E-state index in [1.54, 1.807) is 0 Å². The van der Waals surface area contributed by atoms with E-state index in [0.29, 0.717) is 6.61 Å². The summed E-state index contributed by atoms with van der Waals surface area (Å²) in [6.07, 6.45) is 7.35. The summed E-state index contributed by atoms with van der Waals surface area (Å²) in [7, 11) is -1.65. The van der Waals surface area contributed by atoms with Crippen LogP contribution in [0.25, 0.3) is 0 Å². The van der Waals surface area contributed by atoms with E-state index in [1.807, 2.05) is 30.3 Å². The van der Waals surface area contributed by atoms with Crippen LogP contribution in [0.15, 0.2) is 30.3 Å². The summed E-state index contributed by atoms with van der Waals surface area (Å²) in [5.41, 5.74) is 0. The minimum Gasteiger partial charge on any atom is -0.301 e. The average molecular weight is 253 g/mol. The average Bonchev–Trinajstić information content (AvgIpc) is 2.38. The van der Waals surface area contributed by atoms with Crippen molar-refractivity contribution in [3.8, 4) is 0 Å². The summed E-state index contributed by atoms with van der Waals surface area (Å²) in [4.78, 5) is 0. The van der Waals surface area contributed by atoms with Gasteiger partial charge in [-0.3, -0.25) is 4.57 Å². The second-order valence-corrected chi connectivity index (χ2v) is 5.48. The Morgan fingerprint density at radius 1 is 1.00 bits per heavy atom. The number of unbranched alkanes of at least 4 members (excludes halogenated alkanes) is 5. The summed E-state index contributed by atoms with van der Waals surface area (Å²) in [6, 6.07) is 9.38. The van der Waals surface area contributed by atoms with Crippen LogP contribution in [0.5, 0.6) is 0 Å². The molecule has 1 aromatic carbocycles. The fourth-order valence-electron chi connectivity index (χ4n) is 1.65. The highest BCUT2D eigenvalue weighted by molar-refractivity contribution is 7.48. The molecule has 0 aromatic heterocycles. The molecule has 1 aromatic rings. The van der Waals surface area contributed by atoms with Crippen LogP contribution in [-0.2, 0) is 9.09 Å². The molecule has 0 aliphatic carbocycles. The minimum absolute atomic E-state index is 0.607. The number of benzene rings is 1. The predicted molar refractivity (Wildman–Crippen MR) is 73.0 cm³/mol. The number of hydrogen-bond donors (Lipinski definition) is 0. The van der Waals surface area contributed by atoms with E-state index in [1.165, 1.54) is 32.1 Å². The molecule has 17 heavy (non-hydrogen) atoms. The molecule has 2 nitrogen and oxygen atoms in total. The largest absolute Gasteiger partial charge is 0.301 e. The lowest BCUT2D eigenvalue weighted by Crippen LogP contribution is -1.98. The van der Waals surface area contributed by atoms with Gasteiger partial charge in [-0.2, -0.15) is 0 Å². The fraction of sp³-hybridized carbons (Fsp3) is 0.571. The normalized spacial score (nSPS) is 11.5. The van der Waals surface area contributed by atoms with Crippen molar-refractivity contribution < 1.29 is 9.09 Å². The van der Waals surface area contributed by atoms with Crippen LogP contribution in [0.3, 0.4) is 0 Å². The van der Waals surface area contributed by atoms with Crippen molar-refractivity contribution in [1.82, 2.24) is 0 Å². The Morgan fingerprint density at radius 2 is 1.65 bits per heavy atom. The van der Waals surface area contributed by atoms with Gasteiger partial charge in [-0.25, -0.2) is 0 Å². The van der Waals surface area contributed by atoms with Crippen LogP contribution in [0.2, 0.25) is 0 Å². The third-order valence-corrected chi connectivity index (χ3v) is 3.81. The molecule has 0 aliphatic rings. The maximum atomic E-state index is 11.7. The first-order chi connectivity index (χ1) is 8.34. The molecule has 0 saturated carbocycles. The van der Waals surface area contributed by atoms with Gasteiger partial charge < -0.3 is 4.52 Å². The Labute approximate surface area is 105 Å². The molecule has 0 aliphatic heterocycles. The van der Waals surface area contributed by atoms with Crippen LogP contribution in [0.1, 0.15) is 45.4 Å². The molecular weight excluding hydrogens is 231 g/mol. The van der Waals surface area contributed by atoms with Gasteiger partial charge in [0.1, 0.15) is 0 Å². The zero-order valence-electron chi connectivity index (χ0n) is 10.6. The zero-order valence-corrected chi connectivity index (χ0v) is 11.5. The highest BCUT2D eigenvalue weighted by Gasteiger charge is 2.03. The van der Waals surface area contributed by atoms with E-state index in [9.17, 15) is 4.57 Å². The van der Waals surface area contributed by atoms with E-state index in [4.69, 9.17) is 4.52 Å². The van der Waals surface area contributed by atoms with Crippen molar-refractivity contribution in [2.45, 2.75) is 45.4 Å². The van der Waals surface area contributed by atoms with Gasteiger partial charge in [-0.1, -0.05) is 57.2 Å². The highest BCUT2D eigenvalue weighted by Crippen LogP contribution is 2.21. The van der Waals surface area contributed by atoms with Crippen molar-refractivity contribution in [2.75, 3.05) is 6.61 Å². The summed E-state index contributed by atoms with van der Waals surface area (Å²) in [5.74, 6) is 0. The molecule has 0 bridgehead atoms. The van der Waals surface area contributed by atoms with Gasteiger partial charge in [0.05, 0.1) is 11.9 Å². The van der Waals surface area contributed by atoms with Gasteiger partial charge in [0.15, 0.2) is 0 Å². The van der Waals surface area contributed by atoms with Crippen LogP contribution in [-0.4, -0.2) is 6.61 Å². The topological polar surface area (TPSA) is 26.3 Å². The summed E-state index contributed by atoms with van der Waals surface area (Å²) in [6.45, 7) is 2.82. The van der Waals surface area contributed by atoms with Gasteiger partial charge in [0, 0.05) is 0 Å². The van der Waals surface area contributed by atoms with Crippen LogP contribution >= 0.6 is 8.03 Å². The van der Waals surface area contributed by atoms with Gasteiger partial charge in [-0.15, -0.1) is 0 Å². The molecule has 3 heteroatoms. The van der Waals surface area contributed by atoms with Gasteiger partial charge in [-0.05, 0) is 18.6 Å². The lowest BCUT2D eigenvalue weighted by Gasteiger charge is -2.03. The molecule has 95 valence electrons. The molecule has 0 spiro atoms. The standard InChI is InChI=1S/C14H22O2P/c1-2-3-4-5-6-10-13-16-17(15)14-11-8-7-9-12-14/h7-9,11-12H,2-6,10,13H2,1H3. The molecule has 0 N–H and O–H groups in total. The first-order valence-corrected chi connectivity index (χ1v) is 7.67. The van der Waals surface area contributed by atoms with Crippen molar-refractivity contribution in [3.05, 3.63) is 30.3 Å². The molecule has 1 radical (unpaired) electrons. The monoisotopic (exact) mass is 253 g/mol. The van der Waals surface area contributed by atoms with E-state index < -0.39 is 8.03 Å². The first-order valence-electron chi connectivity index (χ1n) is 6.50. The van der Waals surface area contributed by atoms with Gasteiger partial charge in [0.25, 0.3) is 0 Å². The fourth-order valence-corrected chi connectivity index (χ4v) is 2.51. The third kappa shape index (κ3) is 6.55. The molecule has 0 saturated heterocycles. The van der Waals surface area contributed by atoms with Crippen LogP contribution in [0, 0.1) is 0 Å². The van der Waals surface area contributed by atoms with Gasteiger partial charge >= 0.3 is 0 Å². The summed E-state index contributed by atoms with van der Waals surface area (Å²) in [5, 5.41) is 0.786. The Morgan fingerprint density at radius 3 is 2.35 bits per heavy atom. The van der Waals surface area contributed by atoms with Crippen molar-refractivity contribution in [3.63, 3.8) is 0 Å². The third-order valence-electron chi connectivity index (χ3n) is 2.67. The Balaban J connectivity index is 2.05. The molecule has 0 heterocycles. The second-order valence-electron chi connectivity index (χ2n) is 4.19. The maximum Gasteiger partial charge on any atom is 0.246 e. The molecule has 0 fully saturated rings. The van der Waals surface area contributed by atoms with E-state index in [2.05, 4.69) is 6.92 Å². The van der Waals surface area contributed by atoms with Gasteiger partial charge in [0.2, 0.25) is 8.03 Å². The lowest BCUT2D eigenvalue weighted by atomic mass is 10.1. The summed E-state index contributed by atoms with van der Waals surface area (Å²) >= 11 is 0. The second kappa shape index (κ2) is 9.32. The quantitative estimate of drug-likeness (QED) is 0.480. The smallest absolute Gasteiger partial charge is 0.246 e. The Bertz CT molecular complexity index is 311. The molecule has 1 rings (SSSR count). The molecular formula is C14H22O2P. The number of rotatable bonds is 9. The maximum absolute atomic E-state index is 11.7. The van der Waals surface area contributed by atoms with E-state index in [0.717, 1.165) is 11.7 Å². The first kappa shape index (κ1) is 14.3. The molecule has 1 atom stereocenters. The van der Waals surface area contributed by atoms with E-state index >= 15 is 0 Å². The van der Waals surface area contributed by atoms with Crippen molar-refractivity contribution >= 4 is 13.3 Å². The predicted octanol–water partition coefficient (Wildman–Crippen LogP) is 4.43. The SMILES string of the molecule is CCCCCCCCO[P](=O)c1ccccc1. The number of hydrogen-bond acceptors (Lipinski definition) is 2. The van der Waals surface area contributed by atoms with Crippen LogP contribution < -0.4 is 5.30 Å². The molecule has 1 unspecified atom stereocenters. The van der Waals surface area contributed by atoms with Crippen molar-refractivity contribution in [2.24, 2.45) is 0 Å². The van der Waals surface area contributed by atoms with Crippen molar-refractivity contribution in [1.29, 1.82) is 0 Å². The van der Waals surface area contributed by atoms with Crippen LogP contribution in [0.4, 0.5) is 0 Å². The minimum atomic E-state index is -1.65. The Hall–Kier alpha value is -0.720. The lowest BCUT2D eigenvalue weighted by molar-refractivity contribution is 0.321. The Kier molecular flexibility index (Phi) is 7.87. The van der Waals surface area contributed by atoms with E-state index in [-0.39, 0.29) is 0 Å². The zero-order chi connectivity index (χ0) is 12.3. The molecule has 0 amide bonds. The summed E-state index contributed by atoms with van der Waals surface area (Å²) < 4.78 is 17.0. The highest BCUT2D eigenvalue weighted by atomic mass is 31.1.